The van der Waals surface area contributed by atoms with E-state index >= 15 is 0 Å². The number of aromatic hydroxyl groups is 1. The van der Waals surface area contributed by atoms with Crippen molar-refractivity contribution >= 4 is 23.4 Å². The molecule has 0 saturated heterocycles. The molecule has 1 aromatic heterocycles. The highest BCUT2D eigenvalue weighted by Gasteiger charge is 2.20. The van der Waals surface area contributed by atoms with Gasteiger partial charge in [-0.1, -0.05) is 12.1 Å². The Labute approximate surface area is 142 Å². The van der Waals surface area contributed by atoms with Gasteiger partial charge >= 0.3 is 12.0 Å². The fourth-order valence-corrected chi connectivity index (χ4v) is 2.25. The van der Waals surface area contributed by atoms with Gasteiger partial charge in [-0.3, -0.25) is 9.59 Å². The third-order valence-electron chi connectivity index (χ3n) is 3.48. The average Bonchev–Trinajstić information content (AvgIpc) is 2.54. The monoisotopic (exact) mass is 346 g/mol. The number of carbonyl (C=O) groups is 2. The van der Waals surface area contributed by atoms with Gasteiger partial charge in [-0.15, -0.1) is 0 Å². The smallest absolute Gasteiger partial charge is 0.319 e. The second-order valence-corrected chi connectivity index (χ2v) is 5.41. The highest BCUT2D eigenvalue weighted by molar-refractivity contribution is 5.91. The number of pyridine rings is 1. The van der Waals surface area contributed by atoms with Crippen LogP contribution in [0.25, 0.3) is 0 Å². The Morgan fingerprint density at radius 1 is 1.32 bits per heavy atom. The SMILES string of the molecule is Cn1ccc(O)c(NC(=O)NC(CC(=O)O)c2cccc(N)c2)c1=O. The van der Waals surface area contributed by atoms with Crippen molar-refractivity contribution in [3.05, 3.63) is 52.4 Å². The number of aliphatic carboxylic acids is 1. The van der Waals surface area contributed by atoms with Crippen LogP contribution in [0.2, 0.25) is 0 Å². The minimum absolute atomic E-state index is 0.302. The fraction of sp³-hybridized carbons (Fsp3) is 0.188. The minimum Gasteiger partial charge on any atom is -0.505 e. The van der Waals surface area contributed by atoms with E-state index in [1.54, 1.807) is 24.3 Å². The Kier molecular flexibility index (Phi) is 5.28. The summed E-state index contributed by atoms with van der Waals surface area (Å²) < 4.78 is 1.18. The average molecular weight is 346 g/mol. The molecule has 0 aliphatic carbocycles. The van der Waals surface area contributed by atoms with Crippen molar-refractivity contribution < 1.29 is 19.8 Å². The van der Waals surface area contributed by atoms with E-state index in [2.05, 4.69) is 10.6 Å². The predicted octanol–water partition coefficient (Wildman–Crippen LogP) is 1.01. The van der Waals surface area contributed by atoms with E-state index in [4.69, 9.17) is 10.8 Å². The third-order valence-corrected chi connectivity index (χ3v) is 3.48. The van der Waals surface area contributed by atoms with Crippen LogP contribution in [0.15, 0.2) is 41.3 Å². The second kappa shape index (κ2) is 7.39. The zero-order chi connectivity index (χ0) is 18.6. The number of nitrogen functional groups attached to an aromatic ring is 1. The normalized spacial score (nSPS) is 11.6. The summed E-state index contributed by atoms with van der Waals surface area (Å²) in [6.45, 7) is 0. The summed E-state index contributed by atoms with van der Waals surface area (Å²) in [6, 6.07) is 6.01. The first kappa shape index (κ1) is 17.9. The number of aryl methyl sites for hydroxylation is 1. The topological polar surface area (TPSA) is 147 Å². The highest BCUT2D eigenvalue weighted by atomic mass is 16.4. The number of carbonyl (C=O) groups excluding carboxylic acids is 1. The molecule has 9 heteroatoms. The Morgan fingerprint density at radius 3 is 2.68 bits per heavy atom. The third kappa shape index (κ3) is 4.50. The van der Waals surface area contributed by atoms with Crippen molar-refractivity contribution in [2.24, 2.45) is 7.05 Å². The molecule has 0 fully saturated rings. The maximum Gasteiger partial charge on any atom is 0.319 e. The van der Waals surface area contributed by atoms with Crippen LogP contribution in [0.1, 0.15) is 18.0 Å². The van der Waals surface area contributed by atoms with Gasteiger partial charge in [0.15, 0.2) is 5.69 Å². The summed E-state index contributed by atoms with van der Waals surface area (Å²) in [7, 11) is 1.46. The Bertz CT molecular complexity index is 862. The molecule has 0 aliphatic heterocycles. The summed E-state index contributed by atoms with van der Waals surface area (Å²) >= 11 is 0. The van der Waals surface area contributed by atoms with Gasteiger partial charge in [-0.05, 0) is 23.8 Å². The number of benzene rings is 1. The van der Waals surface area contributed by atoms with Gasteiger partial charge in [-0.25, -0.2) is 4.79 Å². The maximum absolute atomic E-state index is 12.2. The summed E-state index contributed by atoms with van der Waals surface area (Å²) in [4.78, 5) is 35.2. The van der Waals surface area contributed by atoms with Gasteiger partial charge in [-0.2, -0.15) is 0 Å². The number of carboxylic acids is 1. The molecule has 1 aromatic carbocycles. The molecule has 25 heavy (non-hydrogen) atoms. The number of urea groups is 1. The number of carboxylic acid groups (broad SMARTS) is 1. The molecular weight excluding hydrogens is 328 g/mol. The lowest BCUT2D eigenvalue weighted by Gasteiger charge is -2.18. The molecular formula is C16H18N4O5. The van der Waals surface area contributed by atoms with E-state index in [1.165, 1.54) is 23.9 Å². The van der Waals surface area contributed by atoms with E-state index in [9.17, 15) is 19.5 Å². The van der Waals surface area contributed by atoms with Crippen molar-refractivity contribution in [3.8, 4) is 5.75 Å². The number of aromatic nitrogens is 1. The number of amides is 2. The number of rotatable bonds is 5. The van der Waals surface area contributed by atoms with Gasteiger partial charge in [0.25, 0.3) is 5.56 Å². The molecule has 1 unspecified atom stereocenters. The van der Waals surface area contributed by atoms with Crippen molar-refractivity contribution in [3.63, 3.8) is 0 Å². The first-order chi connectivity index (χ1) is 11.8. The molecule has 2 rings (SSSR count). The molecule has 9 nitrogen and oxygen atoms in total. The second-order valence-electron chi connectivity index (χ2n) is 5.41. The van der Waals surface area contributed by atoms with Crippen molar-refractivity contribution in [1.29, 1.82) is 0 Å². The first-order valence-electron chi connectivity index (χ1n) is 7.31. The van der Waals surface area contributed by atoms with E-state index in [0.717, 1.165) is 0 Å². The van der Waals surface area contributed by atoms with Crippen LogP contribution in [0.4, 0.5) is 16.2 Å². The lowest BCUT2D eigenvalue weighted by Crippen LogP contribution is -2.36. The van der Waals surface area contributed by atoms with Crippen LogP contribution in [0.5, 0.6) is 5.75 Å². The zero-order valence-electron chi connectivity index (χ0n) is 13.4. The molecule has 2 amide bonds. The summed E-state index contributed by atoms with van der Waals surface area (Å²) in [5, 5.41) is 23.5. The van der Waals surface area contributed by atoms with Gasteiger partial charge < -0.3 is 31.1 Å². The summed E-state index contributed by atoms with van der Waals surface area (Å²) in [5.74, 6) is -1.51. The minimum atomic E-state index is -1.12. The molecule has 0 bridgehead atoms. The number of nitrogens with two attached hydrogens (primary N) is 1. The standard InChI is InChI=1S/C16H18N4O5/c1-20-6-5-12(21)14(15(20)24)19-16(25)18-11(8-13(22)23)9-3-2-4-10(17)7-9/h2-7,11,21H,8,17H2,1H3,(H,22,23)(H2,18,19,25). The van der Waals surface area contributed by atoms with Crippen LogP contribution in [0.3, 0.4) is 0 Å². The molecule has 1 atom stereocenters. The zero-order valence-corrected chi connectivity index (χ0v) is 13.4. The number of hydrogen-bond donors (Lipinski definition) is 5. The Hall–Kier alpha value is -3.49. The van der Waals surface area contributed by atoms with Gasteiger partial charge in [0, 0.05) is 18.9 Å². The first-order valence-corrected chi connectivity index (χ1v) is 7.31. The Balaban J connectivity index is 2.22. The molecule has 6 N–H and O–H groups in total. The lowest BCUT2D eigenvalue weighted by atomic mass is 10.0. The van der Waals surface area contributed by atoms with Gasteiger partial charge in [0.05, 0.1) is 12.5 Å². The number of hydrogen-bond acceptors (Lipinski definition) is 5. The summed E-state index contributed by atoms with van der Waals surface area (Å²) in [6.07, 6.45) is 0.969. The predicted molar refractivity (Wildman–Crippen MR) is 91.4 cm³/mol. The highest BCUT2D eigenvalue weighted by Crippen LogP contribution is 2.21. The van der Waals surface area contributed by atoms with Crippen molar-refractivity contribution in [2.75, 3.05) is 11.1 Å². The molecule has 2 aromatic rings. The summed E-state index contributed by atoms with van der Waals surface area (Å²) in [5.41, 5.74) is 5.70. The van der Waals surface area contributed by atoms with Crippen LogP contribution in [0, 0.1) is 0 Å². The van der Waals surface area contributed by atoms with E-state index in [0.29, 0.717) is 11.3 Å². The van der Waals surface area contributed by atoms with Gasteiger partial charge in [0.2, 0.25) is 0 Å². The molecule has 1 heterocycles. The van der Waals surface area contributed by atoms with E-state index in [1.807, 2.05) is 0 Å². The quantitative estimate of drug-likeness (QED) is 0.511. The lowest BCUT2D eigenvalue weighted by molar-refractivity contribution is -0.137. The van der Waals surface area contributed by atoms with Crippen LogP contribution < -0.4 is 21.9 Å². The van der Waals surface area contributed by atoms with Gasteiger partial charge in [0.1, 0.15) is 5.75 Å². The van der Waals surface area contributed by atoms with Crippen LogP contribution in [-0.2, 0) is 11.8 Å². The van der Waals surface area contributed by atoms with Crippen LogP contribution in [-0.4, -0.2) is 26.8 Å². The molecule has 0 radical (unpaired) electrons. The van der Waals surface area contributed by atoms with E-state index < -0.39 is 29.4 Å². The molecule has 0 saturated carbocycles. The van der Waals surface area contributed by atoms with Crippen LogP contribution >= 0.6 is 0 Å². The Morgan fingerprint density at radius 2 is 2.04 bits per heavy atom. The van der Waals surface area contributed by atoms with Crippen molar-refractivity contribution in [2.45, 2.75) is 12.5 Å². The largest absolute Gasteiger partial charge is 0.505 e. The van der Waals surface area contributed by atoms with Crippen molar-refractivity contribution in [1.82, 2.24) is 9.88 Å². The number of anilines is 2. The number of nitrogens with zero attached hydrogens (tertiary/aromatic N) is 1. The number of nitrogens with one attached hydrogen (secondary N) is 2. The fourth-order valence-electron chi connectivity index (χ4n) is 2.25. The molecule has 0 spiro atoms. The van der Waals surface area contributed by atoms with E-state index in [-0.39, 0.29) is 12.1 Å². The maximum atomic E-state index is 12.2. The molecule has 0 aliphatic rings. The molecule has 132 valence electrons.